The minimum Gasteiger partial charge on any atom is -0.459 e. The fraction of sp³-hybridized carbons (Fsp3) is 0.795. The van der Waals surface area contributed by atoms with Crippen molar-refractivity contribution in [3.8, 4) is 0 Å². The summed E-state index contributed by atoms with van der Waals surface area (Å²) in [5.74, 6) is -6.86. The van der Waals surface area contributed by atoms with Crippen molar-refractivity contribution in [3.63, 3.8) is 0 Å². The van der Waals surface area contributed by atoms with Crippen molar-refractivity contribution in [1.29, 1.82) is 0 Å². The van der Waals surface area contributed by atoms with Gasteiger partial charge in [-0.15, -0.1) is 0 Å². The van der Waals surface area contributed by atoms with Gasteiger partial charge in [-0.05, 0) is 70.1 Å². The van der Waals surface area contributed by atoms with Crippen LogP contribution in [0.5, 0.6) is 0 Å². The van der Waals surface area contributed by atoms with Crippen LogP contribution < -0.4 is 0 Å². The Labute approximate surface area is 329 Å². The number of allylic oxidation sites excluding steroid dienone is 4. The fourth-order valence-electron chi connectivity index (χ4n) is 8.60. The second kappa shape index (κ2) is 20.4. The quantitative estimate of drug-likeness (QED) is 0.224. The molecule has 0 amide bonds. The van der Waals surface area contributed by atoms with Gasteiger partial charge in [0.05, 0.1) is 36.6 Å². The number of hydrogen-bond donors (Lipinski definition) is 5. The number of esters is 1. The van der Waals surface area contributed by atoms with Gasteiger partial charge in [0.25, 0.3) is 0 Å². The van der Waals surface area contributed by atoms with Gasteiger partial charge in [-0.2, -0.15) is 0 Å². The molecule has 11 nitrogen and oxygen atoms in total. The number of hydrogen-bond acceptors (Lipinski definition) is 11. The van der Waals surface area contributed by atoms with Gasteiger partial charge >= 0.3 is 5.97 Å². The smallest absolute Gasteiger partial charge is 0.330 e. The van der Waals surface area contributed by atoms with E-state index < -0.39 is 89.0 Å². The lowest BCUT2D eigenvalue weighted by Crippen LogP contribution is -2.57. The first-order valence-electron chi connectivity index (χ1n) is 20.8. The van der Waals surface area contributed by atoms with Crippen LogP contribution in [0.25, 0.3) is 0 Å². The van der Waals surface area contributed by atoms with Crippen LogP contribution in [0.1, 0.15) is 121 Å². The molecule has 0 aliphatic carbocycles. The Morgan fingerprint density at radius 2 is 1.49 bits per heavy atom. The molecule has 3 rings (SSSR count). The minimum absolute atomic E-state index is 0.144. The maximum atomic E-state index is 13.5. The largest absolute Gasteiger partial charge is 0.459 e. The molecule has 3 aliphatic rings. The number of rotatable bonds is 3. The van der Waals surface area contributed by atoms with E-state index in [-0.39, 0.29) is 30.0 Å². The Bertz CT molecular complexity index is 1350. The second-order valence-corrected chi connectivity index (χ2v) is 17.6. The van der Waals surface area contributed by atoms with Crippen LogP contribution in [0, 0.1) is 47.3 Å². The summed E-state index contributed by atoms with van der Waals surface area (Å²) in [6.07, 6.45) is 10.1. The SMILES string of the molecule is CCC1/C=C\C=C\CC(C)C(O)C(C)(O)C(=O)C(C)C(O)C(C)C(=O)C(C)C(O)C(C)/C=C/C(=O)OC2CC3(CCC(C)C(CC(C)O)O3)OC(CC1)C2C. The number of aliphatic hydroxyl groups excluding tert-OH is 4. The van der Waals surface area contributed by atoms with Crippen molar-refractivity contribution < 1.29 is 54.1 Å². The van der Waals surface area contributed by atoms with E-state index in [1.165, 1.54) is 39.8 Å². The molecular weight excluding hydrogens is 704 g/mol. The molecule has 0 aromatic heterocycles. The minimum atomic E-state index is -2.18. The van der Waals surface area contributed by atoms with E-state index in [0.717, 1.165) is 19.3 Å². The molecule has 2 bridgehead atoms. The topological polar surface area (TPSA) is 180 Å². The Hall–Kier alpha value is -2.25. The molecule has 11 heteroatoms. The first-order valence-corrected chi connectivity index (χ1v) is 20.8. The Morgan fingerprint density at radius 1 is 0.836 bits per heavy atom. The summed E-state index contributed by atoms with van der Waals surface area (Å²) in [7, 11) is 0. The molecule has 2 fully saturated rings. The normalized spacial score (nSPS) is 46.1. The zero-order valence-electron chi connectivity index (χ0n) is 35.0. The van der Waals surface area contributed by atoms with E-state index in [0.29, 0.717) is 32.1 Å². The number of fused-ring (bicyclic) bond motifs is 2. The molecule has 314 valence electrons. The molecule has 3 aliphatic heterocycles. The number of aliphatic hydroxyl groups is 5. The van der Waals surface area contributed by atoms with E-state index in [1.807, 2.05) is 25.2 Å². The zero-order chi connectivity index (χ0) is 41.4. The number of ether oxygens (including phenoxy) is 3. The van der Waals surface area contributed by atoms with Crippen molar-refractivity contribution in [2.75, 3.05) is 0 Å². The van der Waals surface area contributed by atoms with E-state index in [9.17, 15) is 39.9 Å². The Kier molecular flexibility index (Phi) is 17.5. The molecule has 17 atom stereocenters. The molecule has 17 unspecified atom stereocenters. The molecule has 5 N–H and O–H groups in total. The standard InChI is InChI=1S/C44H72O11/c1-11-33-16-14-12-13-15-27(4)41(50)43(10,52)42(51)32(9)40(49)31(8)39(48)30(7)38(47)26(3)17-20-37(46)53-36-24-44(54-34(19-18-33)29(36)6)22-21-25(2)35(55-44)23-28(5)45/h12-14,16-17,20,25-36,38,40-41,45,47,49-50,52H,11,15,18-19,21-24H2,1-10H3/b13-12+,16-14-,20-17+. The van der Waals surface area contributed by atoms with Crippen molar-refractivity contribution >= 4 is 17.5 Å². The lowest BCUT2D eigenvalue weighted by Gasteiger charge is -2.52. The molecule has 2 saturated heterocycles. The number of ketones is 2. The maximum Gasteiger partial charge on any atom is 0.330 e. The highest BCUT2D eigenvalue weighted by molar-refractivity contribution is 5.91. The molecule has 0 aromatic rings. The summed E-state index contributed by atoms with van der Waals surface area (Å²) in [5, 5.41) is 54.9. The van der Waals surface area contributed by atoms with Crippen LogP contribution in [-0.4, -0.2) is 97.2 Å². The highest BCUT2D eigenvalue weighted by Crippen LogP contribution is 2.46. The van der Waals surface area contributed by atoms with Crippen molar-refractivity contribution in [1.82, 2.24) is 0 Å². The molecule has 55 heavy (non-hydrogen) atoms. The summed E-state index contributed by atoms with van der Waals surface area (Å²) in [4.78, 5) is 40.3. The molecule has 0 radical (unpaired) electrons. The van der Waals surface area contributed by atoms with E-state index in [1.54, 1.807) is 20.8 Å². The van der Waals surface area contributed by atoms with Crippen molar-refractivity contribution in [2.24, 2.45) is 47.3 Å². The number of Topliss-reactive ketones (excluding diaryl/α,β-unsaturated/α-hetero) is 2. The maximum absolute atomic E-state index is 13.5. The van der Waals surface area contributed by atoms with Gasteiger partial charge in [0.2, 0.25) is 0 Å². The van der Waals surface area contributed by atoms with Crippen LogP contribution >= 0.6 is 0 Å². The van der Waals surface area contributed by atoms with Crippen LogP contribution in [0.15, 0.2) is 36.5 Å². The first kappa shape index (κ1) is 47.1. The zero-order valence-corrected chi connectivity index (χ0v) is 35.0. The number of carbonyl (C=O) groups excluding carboxylic acids is 3. The van der Waals surface area contributed by atoms with Crippen LogP contribution in [-0.2, 0) is 28.6 Å². The summed E-state index contributed by atoms with van der Waals surface area (Å²) >= 11 is 0. The first-order chi connectivity index (χ1) is 25.6. The fourth-order valence-corrected chi connectivity index (χ4v) is 8.60. The highest BCUT2D eigenvalue weighted by Gasteiger charge is 2.51. The summed E-state index contributed by atoms with van der Waals surface area (Å²) in [6.45, 7) is 17.1. The molecule has 0 saturated carbocycles. The predicted octanol–water partition coefficient (Wildman–Crippen LogP) is 5.64. The van der Waals surface area contributed by atoms with Gasteiger partial charge in [0, 0.05) is 48.5 Å². The van der Waals surface area contributed by atoms with Crippen molar-refractivity contribution in [3.05, 3.63) is 36.5 Å². The molecular formula is C44H72O11. The summed E-state index contributed by atoms with van der Waals surface area (Å²) < 4.78 is 19.7. The summed E-state index contributed by atoms with van der Waals surface area (Å²) in [5.41, 5.74) is -2.18. The molecule has 1 spiro atoms. The number of carbonyl (C=O) groups is 3. The third-order valence-corrected chi connectivity index (χ3v) is 12.9. The Balaban J connectivity index is 1.95. The van der Waals surface area contributed by atoms with Gasteiger partial charge in [-0.25, -0.2) is 4.79 Å². The molecule has 3 heterocycles. The van der Waals surface area contributed by atoms with E-state index in [2.05, 4.69) is 19.9 Å². The van der Waals surface area contributed by atoms with Gasteiger partial charge in [0.1, 0.15) is 17.5 Å². The predicted molar refractivity (Wildman–Crippen MR) is 210 cm³/mol. The lowest BCUT2D eigenvalue weighted by molar-refractivity contribution is -0.347. The average Bonchev–Trinajstić information content (AvgIpc) is 3.14. The van der Waals surface area contributed by atoms with E-state index >= 15 is 0 Å². The monoisotopic (exact) mass is 777 g/mol. The average molecular weight is 777 g/mol. The van der Waals surface area contributed by atoms with Gasteiger partial charge < -0.3 is 39.7 Å². The van der Waals surface area contributed by atoms with Gasteiger partial charge in [-0.1, -0.05) is 85.8 Å². The van der Waals surface area contributed by atoms with Crippen LogP contribution in [0.4, 0.5) is 0 Å². The Morgan fingerprint density at radius 3 is 2.13 bits per heavy atom. The van der Waals surface area contributed by atoms with Gasteiger partial charge in [-0.3, -0.25) is 9.59 Å². The highest BCUT2D eigenvalue weighted by atomic mass is 16.7. The summed E-state index contributed by atoms with van der Waals surface area (Å²) in [6, 6.07) is 0. The third-order valence-electron chi connectivity index (χ3n) is 12.9. The van der Waals surface area contributed by atoms with E-state index in [4.69, 9.17) is 14.2 Å². The van der Waals surface area contributed by atoms with Gasteiger partial charge in [0.15, 0.2) is 11.6 Å². The lowest BCUT2D eigenvalue weighted by atomic mass is 9.75. The third kappa shape index (κ3) is 12.1. The van der Waals surface area contributed by atoms with Crippen molar-refractivity contribution in [2.45, 2.75) is 175 Å². The molecule has 0 aromatic carbocycles. The second-order valence-electron chi connectivity index (χ2n) is 17.6. The van der Waals surface area contributed by atoms with Crippen LogP contribution in [0.3, 0.4) is 0 Å². The van der Waals surface area contributed by atoms with Crippen LogP contribution in [0.2, 0.25) is 0 Å².